The fourth-order valence-electron chi connectivity index (χ4n) is 0.990. The Hall–Kier alpha value is -0.540. The van der Waals surface area contributed by atoms with Crippen molar-refractivity contribution in [1.29, 1.82) is 0 Å². The molecule has 3 heteroatoms. The lowest BCUT2D eigenvalue weighted by Crippen LogP contribution is -2.13. The number of thioether (sulfide) groups is 1. The van der Waals surface area contributed by atoms with E-state index in [2.05, 4.69) is 30.0 Å². The van der Waals surface area contributed by atoms with E-state index in [-0.39, 0.29) is 0 Å². The third-order valence-electron chi connectivity index (χ3n) is 1.64. The van der Waals surface area contributed by atoms with Gasteiger partial charge in [-0.1, -0.05) is 6.07 Å². The molecule has 0 aliphatic heterocycles. The van der Waals surface area contributed by atoms with Crippen LogP contribution in [0.2, 0.25) is 0 Å². The maximum Gasteiger partial charge on any atom is 0.0959 e. The van der Waals surface area contributed by atoms with Gasteiger partial charge in [-0.15, -0.1) is 11.8 Å². The quantitative estimate of drug-likeness (QED) is 0.530. The number of pyridine rings is 1. The predicted octanol–water partition coefficient (Wildman–Crippen LogP) is 2.13. The molecule has 0 unspecified atom stereocenters. The summed E-state index contributed by atoms with van der Waals surface area (Å²) in [6, 6.07) is 6.03. The van der Waals surface area contributed by atoms with Gasteiger partial charge in [0.2, 0.25) is 0 Å². The third kappa shape index (κ3) is 4.90. The summed E-state index contributed by atoms with van der Waals surface area (Å²) in [6.45, 7) is 1.15. The van der Waals surface area contributed by atoms with Crippen molar-refractivity contribution in [3.63, 3.8) is 0 Å². The number of hydrogen-bond acceptors (Lipinski definition) is 3. The summed E-state index contributed by atoms with van der Waals surface area (Å²) in [6.07, 6.45) is 3.06. The summed E-state index contributed by atoms with van der Waals surface area (Å²) in [5.74, 6) is 1.15. The highest BCUT2D eigenvalue weighted by atomic mass is 32.2. The van der Waals surface area contributed by atoms with Crippen LogP contribution in [0.1, 0.15) is 6.42 Å². The molecule has 0 aromatic carbocycles. The molecule has 0 aliphatic carbocycles. The van der Waals surface area contributed by atoms with E-state index in [9.17, 15) is 0 Å². The van der Waals surface area contributed by atoms with Crippen molar-refractivity contribution in [2.24, 2.45) is 0 Å². The van der Waals surface area contributed by atoms with Gasteiger partial charge in [-0.25, -0.2) is 4.98 Å². The van der Waals surface area contributed by atoms with Crippen LogP contribution in [-0.2, 0) is 0 Å². The van der Waals surface area contributed by atoms with Gasteiger partial charge in [0, 0.05) is 11.9 Å². The molecule has 0 N–H and O–H groups in total. The normalized spacial score (nSPS) is 10.7. The zero-order valence-electron chi connectivity index (χ0n) is 8.23. The second kappa shape index (κ2) is 6.00. The van der Waals surface area contributed by atoms with Gasteiger partial charge in [0.1, 0.15) is 0 Å². The Balaban J connectivity index is 2.13. The molecule has 0 bridgehead atoms. The molecule has 1 aromatic rings. The van der Waals surface area contributed by atoms with Crippen LogP contribution < -0.4 is 0 Å². The molecule has 1 aromatic heterocycles. The Kier molecular flexibility index (Phi) is 4.86. The lowest BCUT2D eigenvalue weighted by molar-refractivity contribution is 0.410. The zero-order valence-corrected chi connectivity index (χ0v) is 9.05. The van der Waals surface area contributed by atoms with E-state index >= 15 is 0 Å². The topological polar surface area (TPSA) is 16.1 Å². The van der Waals surface area contributed by atoms with Crippen molar-refractivity contribution < 1.29 is 0 Å². The second-order valence-corrected chi connectivity index (χ2v) is 4.29. The van der Waals surface area contributed by atoms with Crippen LogP contribution in [0.3, 0.4) is 0 Å². The molecular formula is C10H16N2S. The predicted molar refractivity (Wildman–Crippen MR) is 58.1 cm³/mol. The molecule has 0 fully saturated rings. The van der Waals surface area contributed by atoms with E-state index in [0.717, 1.165) is 17.3 Å². The van der Waals surface area contributed by atoms with Crippen molar-refractivity contribution in [2.75, 3.05) is 26.4 Å². The Morgan fingerprint density at radius 3 is 2.85 bits per heavy atom. The SMILES string of the molecule is CN(C)CCCSc1ccccn1. The molecule has 0 saturated heterocycles. The van der Waals surface area contributed by atoms with E-state index in [4.69, 9.17) is 0 Å². The van der Waals surface area contributed by atoms with E-state index < -0.39 is 0 Å². The van der Waals surface area contributed by atoms with Crippen molar-refractivity contribution in [3.05, 3.63) is 24.4 Å². The van der Waals surface area contributed by atoms with Gasteiger partial charge < -0.3 is 4.90 Å². The smallest absolute Gasteiger partial charge is 0.0959 e. The molecule has 1 heterocycles. The largest absolute Gasteiger partial charge is 0.309 e. The molecule has 0 saturated carbocycles. The highest BCUT2D eigenvalue weighted by Crippen LogP contribution is 2.14. The number of rotatable bonds is 5. The van der Waals surface area contributed by atoms with Crippen molar-refractivity contribution in [2.45, 2.75) is 11.4 Å². The minimum absolute atomic E-state index is 1.13. The van der Waals surface area contributed by atoms with E-state index in [1.54, 1.807) is 0 Å². The summed E-state index contributed by atoms with van der Waals surface area (Å²) in [5, 5.41) is 1.13. The van der Waals surface area contributed by atoms with Crippen LogP contribution in [0, 0.1) is 0 Å². The van der Waals surface area contributed by atoms with Crippen molar-refractivity contribution in [1.82, 2.24) is 9.88 Å². The average Bonchev–Trinajstić information content (AvgIpc) is 2.14. The lowest BCUT2D eigenvalue weighted by Gasteiger charge is -2.07. The molecule has 13 heavy (non-hydrogen) atoms. The summed E-state index contributed by atoms with van der Waals surface area (Å²) >= 11 is 1.82. The average molecular weight is 196 g/mol. The molecule has 2 nitrogen and oxygen atoms in total. The first kappa shape index (κ1) is 10.5. The van der Waals surface area contributed by atoms with Crippen LogP contribution in [0.5, 0.6) is 0 Å². The second-order valence-electron chi connectivity index (χ2n) is 3.17. The molecule has 0 atom stereocenters. The van der Waals surface area contributed by atoms with Crippen LogP contribution in [0.4, 0.5) is 0 Å². The molecule has 0 spiro atoms. The number of nitrogens with zero attached hydrogens (tertiary/aromatic N) is 2. The number of aromatic nitrogens is 1. The molecular weight excluding hydrogens is 180 g/mol. The molecule has 72 valence electrons. The fraction of sp³-hybridized carbons (Fsp3) is 0.500. The Morgan fingerprint density at radius 2 is 2.23 bits per heavy atom. The van der Waals surface area contributed by atoms with Crippen molar-refractivity contribution in [3.8, 4) is 0 Å². The van der Waals surface area contributed by atoms with Crippen LogP contribution in [0.15, 0.2) is 29.4 Å². The standard InChI is InChI=1S/C10H16N2S/c1-12(2)8-5-9-13-10-6-3-4-7-11-10/h3-4,6-7H,5,8-9H2,1-2H3. The fourth-order valence-corrected chi connectivity index (χ4v) is 1.78. The van der Waals surface area contributed by atoms with Crippen molar-refractivity contribution >= 4 is 11.8 Å². The third-order valence-corrected chi connectivity index (χ3v) is 2.67. The van der Waals surface area contributed by atoms with Gasteiger partial charge in [0.25, 0.3) is 0 Å². The maximum absolute atomic E-state index is 4.24. The zero-order chi connectivity index (χ0) is 9.52. The van der Waals surface area contributed by atoms with Gasteiger partial charge in [0.05, 0.1) is 5.03 Å². The van der Waals surface area contributed by atoms with E-state index in [1.165, 1.54) is 6.42 Å². The van der Waals surface area contributed by atoms with Gasteiger partial charge in [-0.2, -0.15) is 0 Å². The monoisotopic (exact) mass is 196 g/mol. The summed E-state index contributed by atoms with van der Waals surface area (Å²) < 4.78 is 0. The number of hydrogen-bond donors (Lipinski definition) is 0. The minimum Gasteiger partial charge on any atom is -0.309 e. The Bertz CT molecular complexity index is 224. The van der Waals surface area contributed by atoms with Crippen LogP contribution >= 0.6 is 11.8 Å². The van der Waals surface area contributed by atoms with Crippen LogP contribution in [0.25, 0.3) is 0 Å². The molecule has 1 rings (SSSR count). The van der Waals surface area contributed by atoms with E-state index in [1.807, 2.05) is 30.1 Å². The first-order valence-corrected chi connectivity index (χ1v) is 5.46. The summed E-state index contributed by atoms with van der Waals surface area (Å²) in [5.41, 5.74) is 0. The molecule has 0 amide bonds. The van der Waals surface area contributed by atoms with Gasteiger partial charge >= 0.3 is 0 Å². The Labute approximate surface area is 84.4 Å². The first-order chi connectivity index (χ1) is 6.29. The summed E-state index contributed by atoms with van der Waals surface area (Å²) in [7, 11) is 4.21. The van der Waals surface area contributed by atoms with Crippen LogP contribution in [-0.4, -0.2) is 36.3 Å². The highest BCUT2D eigenvalue weighted by Gasteiger charge is 1.94. The summed E-state index contributed by atoms with van der Waals surface area (Å²) in [4.78, 5) is 6.45. The lowest BCUT2D eigenvalue weighted by atomic mass is 10.5. The van der Waals surface area contributed by atoms with Gasteiger partial charge in [-0.05, 0) is 39.2 Å². The molecule has 0 aliphatic rings. The van der Waals surface area contributed by atoms with Gasteiger partial charge in [-0.3, -0.25) is 0 Å². The Morgan fingerprint density at radius 1 is 1.38 bits per heavy atom. The van der Waals surface area contributed by atoms with E-state index in [0.29, 0.717) is 0 Å². The highest BCUT2D eigenvalue weighted by molar-refractivity contribution is 7.99. The molecule has 0 radical (unpaired) electrons. The minimum atomic E-state index is 1.13. The first-order valence-electron chi connectivity index (χ1n) is 4.47. The maximum atomic E-state index is 4.24. The van der Waals surface area contributed by atoms with Gasteiger partial charge in [0.15, 0.2) is 0 Å².